The lowest BCUT2D eigenvalue weighted by Gasteiger charge is -2.12. The van der Waals surface area contributed by atoms with Gasteiger partial charge in [-0.15, -0.1) is 0 Å². The number of carbonyl (C=O) groups excluding carboxylic acids is 1. The molecule has 27 heavy (non-hydrogen) atoms. The van der Waals surface area contributed by atoms with Gasteiger partial charge in [0, 0.05) is 25.5 Å². The second-order valence-corrected chi connectivity index (χ2v) is 5.98. The molecule has 0 atom stereocenters. The van der Waals surface area contributed by atoms with Gasteiger partial charge in [0.2, 0.25) is 0 Å². The van der Waals surface area contributed by atoms with Crippen LogP contribution in [0.25, 0.3) is 22.2 Å². The van der Waals surface area contributed by atoms with Gasteiger partial charge in [0.15, 0.2) is 0 Å². The number of hydrogen-bond donors (Lipinski definition) is 1. The van der Waals surface area contributed by atoms with Crippen molar-refractivity contribution < 1.29 is 9.53 Å². The lowest BCUT2D eigenvalue weighted by Crippen LogP contribution is -2.23. The molecule has 0 spiro atoms. The number of benzene rings is 1. The number of hydrogen-bond acceptors (Lipinski definition) is 6. The van der Waals surface area contributed by atoms with Crippen molar-refractivity contribution in [2.24, 2.45) is 0 Å². The molecule has 136 valence electrons. The Morgan fingerprint density at radius 2 is 2.00 bits per heavy atom. The van der Waals surface area contributed by atoms with Gasteiger partial charge in [-0.05, 0) is 12.1 Å². The molecule has 0 radical (unpaired) electrons. The van der Waals surface area contributed by atoms with Crippen LogP contribution in [-0.2, 0) is 17.8 Å². The van der Waals surface area contributed by atoms with Crippen molar-refractivity contribution in [3.05, 3.63) is 69.3 Å². The van der Waals surface area contributed by atoms with Crippen LogP contribution < -0.4 is 11.1 Å². The standard InChI is InChI=1S/C18H15N5O4/c1-27-18(26)13-9-22(8-12-15(13)20-21-16(12)24)6-7-23-10-19-14-5-3-2-4-11(14)17(23)25/h2-5,8-10H,6-7H2,1H3,(H,21,24). The molecule has 0 bridgehead atoms. The first-order chi connectivity index (χ1) is 13.1. The quantitative estimate of drug-likeness (QED) is 0.537. The second kappa shape index (κ2) is 6.52. The van der Waals surface area contributed by atoms with Crippen molar-refractivity contribution in [1.29, 1.82) is 0 Å². The Hall–Kier alpha value is -3.75. The fraction of sp³-hybridized carbons (Fsp3) is 0.167. The monoisotopic (exact) mass is 365 g/mol. The van der Waals surface area contributed by atoms with Crippen LogP contribution in [0.5, 0.6) is 0 Å². The average Bonchev–Trinajstić information content (AvgIpc) is 3.07. The largest absolute Gasteiger partial charge is 0.465 e. The van der Waals surface area contributed by atoms with E-state index >= 15 is 0 Å². The van der Waals surface area contributed by atoms with Crippen LogP contribution in [0, 0.1) is 0 Å². The van der Waals surface area contributed by atoms with E-state index < -0.39 is 11.5 Å². The molecule has 2 aliphatic heterocycles. The van der Waals surface area contributed by atoms with Gasteiger partial charge in [-0.25, -0.2) is 14.9 Å². The molecule has 0 unspecified atom stereocenters. The molecule has 0 saturated heterocycles. The highest BCUT2D eigenvalue weighted by Crippen LogP contribution is 2.20. The summed E-state index contributed by atoms with van der Waals surface area (Å²) in [5.41, 5.74) is 0.805. The number of para-hydroxylation sites is 1. The van der Waals surface area contributed by atoms with E-state index in [2.05, 4.69) is 15.2 Å². The molecule has 2 aromatic rings. The normalized spacial score (nSPS) is 11.1. The van der Waals surface area contributed by atoms with E-state index in [1.807, 2.05) is 6.07 Å². The fourth-order valence-corrected chi connectivity index (χ4v) is 2.97. The number of methoxy groups -OCH3 is 1. The number of aromatic amines is 1. The highest BCUT2D eigenvalue weighted by Gasteiger charge is 2.21. The zero-order valence-electron chi connectivity index (χ0n) is 14.4. The average molecular weight is 365 g/mol. The Morgan fingerprint density at radius 1 is 1.19 bits per heavy atom. The first-order valence-electron chi connectivity index (χ1n) is 8.19. The molecule has 0 amide bonds. The van der Waals surface area contributed by atoms with Gasteiger partial charge >= 0.3 is 5.97 Å². The molecule has 0 fully saturated rings. The van der Waals surface area contributed by atoms with Crippen LogP contribution in [0.2, 0.25) is 0 Å². The maximum atomic E-state index is 12.6. The van der Waals surface area contributed by atoms with Crippen LogP contribution in [0.3, 0.4) is 0 Å². The molecular weight excluding hydrogens is 350 g/mol. The van der Waals surface area contributed by atoms with Crippen molar-refractivity contribution >= 4 is 16.9 Å². The van der Waals surface area contributed by atoms with Crippen molar-refractivity contribution in [2.75, 3.05) is 7.11 Å². The molecule has 9 nitrogen and oxygen atoms in total. The first-order valence-corrected chi connectivity index (χ1v) is 8.19. The van der Waals surface area contributed by atoms with E-state index in [0.29, 0.717) is 24.0 Å². The topological polar surface area (TPSA) is 112 Å². The van der Waals surface area contributed by atoms with Crippen LogP contribution in [0.15, 0.2) is 52.6 Å². The number of pyridine rings is 1. The summed E-state index contributed by atoms with van der Waals surface area (Å²) in [6.45, 7) is 0.671. The van der Waals surface area contributed by atoms with Crippen LogP contribution in [0.1, 0.15) is 10.4 Å². The van der Waals surface area contributed by atoms with Gasteiger partial charge in [0.25, 0.3) is 11.1 Å². The molecule has 9 heteroatoms. The van der Waals surface area contributed by atoms with Gasteiger partial charge in [0.05, 0.1) is 29.9 Å². The minimum Gasteiger partial charge on any atom is -0.465 e. The third-order valence-corrected chi connectivity index (χ3v) is 4.35. The second-order valence-electron chi connectivity index (χ2n) is 5.98. The van der Waals surface area contributed by atoms with Crippen molar-refractivity contribution in [3.63, 3.8) is 0 Å². The van der Waals surface area contributed by atoms with E-state index in [1.165, 1.54) is 18.0 Å². The summed E-state index contributed by atoms with van der Waals surface area (Å²) in [6.07, 6.45) is 4.63. The number of rotatable bonds is 4. The predicted molar refractivity (Wildman–Crippen MR) is 96.8 cm³/mol. The molecule has 4 rings (SSSR count). The smallest absolute Gasteiger partial charge is 0.341 e. The molecule has 2 aliphatic rings. The lowest BCUT2D eigenvalue weighted by molar-refractivity contribution is 0.0600. The van der Waals surface area contributed by atoms with Crippen LogP contribution in [0.4, 0.5) is 0 Å². The molecule has 0 aliphatic carbocycles. The molecule has 1 aromatic carbocycles. The number of nitrogens with zero attached hydrogens (tertiary/aromatic N) is 4. The van der Waals surface area contributed by atoms with Crippen LogP contribution >= 0.6 is 0 Å². The minimum atomic E-state index is -0.592. The summed E-state index contributed by atoms with van der Waals surface area (Å²) in [7, 11) is 1.26. The van der Waals surface area contributed by atoms with E-state index in [1.54, 1.807) is 35.2 Å². The Balaban J connectivity index is 1.70. The highest BCUT2D eigenvalue weighted by atomic mass is 16.5. The van der Waals surface area contributed by atoms with Gasteiger partial charge in [-0.2, -0.15) is 5.10 Å². The molecule has 1 aromatic heterocycles. The zero-order valence-corrected chi connectivity index (χ0v) is 14.4. The number of H-pyrrole nitrogens is 1. The lowest BCUT2D eigenvalue weighted by atomic mass is 10.1. The predicted octanol–water partition coefficient (Wildman–Crippen LogP) is 0.873. The Morgan fingerprint density at radius 3 is 2.81 bits per heavy atom. The number of ether oxygens (including phenoxy) is 1. The first kappa shape index (κ1) is 16.7. The number of esters is 1. The minimum absolute atomic E-state index is 0.150. The summed E-state index contributed by atoms with van der Waals surface area (Å²) in [6, 6.07) is 7.12. The number of fused-ring (bicyclic) bond motifs is 2. The van der Waals surface area contributed by atoms with E-state index in [-0.39, 0.29) is 22.4 Å². The number of nitrogens with one attached hydrogen (secondary N) is 1. The van der Waals surface area contributed by atoms with Gasteiger partial charge in [0.1, 0.15) is 11.3 Å². The summed E-state index contributed by atoms with van der Waals surface area (Å²) >= 11 is 0. The molecule has 1 N–H and O–H groups in total. The van der Waals surface area contributed by atoms with Crippen molar-refractivity contribution in [3.8, 4) is 11.3 Å². The fourth-order valence-electron chi connectivity index (χ4n) is 2.97. The maximum Gasteiger partial charge on any atom is 0.341 e. The SMILES string of the molecule is COC(=O)c1cn(CCn2cnc3ccccc3c2=O)cc2c(=O)[nH]nc1-2. The number of aryl methyl sites for hydroxylation is 2. The van der Waals surface area contributed by atoms with Gasteiger partial charge < -0.3 is 9.30 Å². The van der Waals surface area contributed by atoms with Crippen LogP contribution in [-0.4, -0.2) is 37.4 Å². The van der Waals surface area contributed by atoms with Gasteiger partial charge in [-0.1, -0.05) is 12.1 Å². The van der Waals surface area contributed by atoms with E-state index in [9.17, 15) is 14.4 Å². The summed E-state index contributed by atoms with van der Waals surface area (Å²) in [4.78, 5) is 40.8. The molecular formula is C18H15N5O4. The van der Waals surface area contributed by atoms with Gasteiger partial charge in [-0.3, -0.25) is 14.2 Å². The third-order valence-electron chi connectivity index (χ3n) is 4.35. The molecule has 0 saturated carbocycles. The van der Waals surface area contributed by atoms with E-state index in [0.717, 1.165) is 0 Å². The number of carbonyl (C=O) groups is 1. The Kier molecular flexibility index (Phi) is 4.03. The summed E-state index contributed by atoms with van der Waals surface area (Å²) < 4.78 is 7.92. The highest BCUT2D eigenvalue weighted by molar-refractivity contribution is 5.95. The summed E-state index contributed by atoms with van der Waals surface area (Å²) in [5, 5.41) is 6.75. The van der Waals surface area contributed by atoms with Crippen molar-refractivity contribution in [2.45, 2.75) is 13.1 Å². The zero-order chi connectivity index (χ0) is 19.0. The third kappa shape index (κ3) is 2.88. The number of aromatic nitrogens is 5. The van der Waals surface area contributed by atoms with Crippen molar-refractivity contribution in [1.82, 2.24) is 24.3 Å². The summed E-state index contributed by atoms with van der Waals surface area (Å²) in [5.74, 6) is -0.592. The Labute approximate surface area is 152 Å². The Bertz CT molecular complexity index is 1240. The molecule has 3 heterocycles. The van der Waals surface area contributed by atoms with E-state index in [4.69, 9.17) is 4.74 Å². The maximum absolute atomic E-state index is 12.6.